The Labute approximate surface area is 117 Å². The lowest BCUT2D eigenvalue weighted by Crippen LogP contribution is -2.05. The molecule has 0 saturated carbocycles. The van der Waals surface area contributed by atoms with Crippen LogP contribution < -0.4 is 5.32 Å². The zero-order valence-electron chi connectivity index (χ0n) is 9.77. The molecular formula is C13H10BrFN2O2. The van der Waals surface area contributed by atoms with E-state index in [1.54, 1.807) is 0 Å². The van der Waals surface area contributed by atoms with E-state index in [9.17, 15) is 14.5 Å². The van der Waals surface area contributed by atoms with E-state index in [1.165, 1.54) is 18.2 Å². The smallest absolute Gasteiger partial charge is 0.295 e. The first-order valence-electron chi connectivity index (χ1n) is 5.50. The molecule has 0 radical (unpaired) electrons. The molecule has 0 unspecified atom stereocenters. The van der Waals surface area contributed by atoms with Crippen LogP contribution in [0.3, 0.4) is 0 Å². The number of nitrogens with one attached hydrogen (secondary N) is 1. The quantitative estimate of drug-likeness (QED) is 0.680. The molecule has 0 amide bonds. The first-order valence-corrected chi connectivity index (χ1v) is 6.29. The van der Waals surface area contributed by atoms with E-state index >= 15 is 0 Å². The van der Waals surface area contributed by atoms with Crippen LogP contribution in [-0.2, 0) is 6.54 Å². The number of benzene rings is 2. The van der Waals surface area contributed by atoms with Crippen LogP contribution in [0.1, 0.15) is 5.56 Å². The van der Waals surface area contributed by atoms with Crippen LogP contribution in [0.15, 0.2) is 46.9 Å². The molecule has 6 heteroatoms. The Balaban J connectivity index is 2.25. The molecule has 4 nitrogen and oxygen atoms in total. The van der Waals surface area contributed by atoms with E-state index in [0.717, 1.165) is 10.0 Å². The number of hydrogen-bond acceptors (Lipinski definition) is 3. The van der Waals surface area contributed by atoms with Crippen LogP contribution in [0.4, 0.5) is 15.8 Å². The van der Waals surface area contributed by atoms with Crippen molar-refractivity contribution in [1.29, 1.82) is 0 Å². The first kappa shape index (κ1) is 13.5. The molecule has 0 aliphatic rings. The number of halogens is 2. The summed E-state index contributed by atoms with van der Waals surface area (Å²) in [5.41, 5.74) is 0.523. The van der Waals surface area contributed by atoms with Gasteiger partial charge in [0, 0.05) is 17.1 Å². The minimum Gasteiger partial charge on any atom is -0.373 e. The molecule has 0 aliphatic heterocycles. The van der Waals surface area contributed by atoms with Crippen molar-refractivity contribution in [3.8, 4) is 0 Å². The Bertz CT molecular complexity index is 619. The highest BCUT2D eigenvalue weighted by Gasteiger charge is 2.17. The van der Waals surface area contributed by atoms with Crippen LogP contribution in [0, 0.1) is 15.9 Å². The normalized spacial score (nSPS) is 10.2. The van der Waals surface area contributed by atoms with E-state index in [4.69, 9.17) is 0 Å². The lowest BCUT2D eigenvalue weighted by molar-refractivity contribution is -0.384. The van der Waals surface area contributed by atoms with Gasteiger partial charge in [0.1, 0.15) is 5.69 Å². The van der Waals surface area contributed by atoms with E-state index < -0.39 is 10.7 Å². The molecule has 2 aromatic carbocycles. The number of nitro groups is 1. The van der Waals surface area contributed by atoms with Crippen LogP contribution in [0.25, 0.3) is 0 Å². The van der Waals surface area contributed by atoms with Crippen molar-refractivity contribution >= 4 is 27.3 Å². The van der Waals surface area contributed by atoms with Gasteiger partial charge in [-0.3, -0.25) is 10.1 Å². The van der Waals surface area contributed by atoms with Gasteiger partial charge < -0.3 is 5.32 Å². The minimum atomic E-state index is -0.638. The second-order valence-electron chi connectivity index (χ2n) is 3.84. The summed E-state index contributed by atoms with van der Waals surface area (Å²) in [6.07, 6.45) is 0. The van der Waals surface area contributed by atoms with E-state index in [2.05, 4.69) is 21.2 Å². The highest BCUT2D eigenvalue weighted by Crippen LogP contribution is 2.28. The van der Waals surface area contributed by atoms with Gasteiger partial charge in [-0.2, -0.15) is 0 Å². The van der Waals surface area contributed by atoms with Crippen LogP contribution >= 0.6 is 15.9 Å². The minimum absolute atomic E-state index is 0.0942. The lowest BCUT2D eigenvalue weighted by atomic mass is 10.2. The average Bonchev–Trinajstić information content (AvgIpc) is 2.38. The summed E-state index contributed by atoms with van der Waals surface area (Å²) in [6.45, 7) is 0.295. The third-order valence-corrected chi connectivity index (χ3v) is 3.38. The number of hydrogen-bond donors (Lipinski definition) is 1. The van der Waals surface area contributed by atoms with Gasteiger partial charge in [-0.1, -0.05) is 40.2 Å². The van der Waals surface area contributed by atoms with E-state index in [1.807, 2.05) is 24.3 Å². The largest absolute Gasteiger partial charge is 0.373 e. The number of nitrogens with zero attached hydrogens (tertiary/aromatic N) is 1. The number of rotatable bonds is 4. The van der Waals surface area contributed by atoms with Gasteiger partial charge in [-0.25, -0.2) is 4.39 Å². The molecule has 0 heterocycles. The van der Waals surface area contributed by atoms with Crippen LogP contribution in [-0.4, -0.2) is 4.92 Å². The molecule has 98 valence electrons. The maximum Gasteiger partial charge on any atom is 0.295 e. The maximum atomic E-state index is 13.6. The van der Waals surface area contributed by atoms with E-state index in [0.29, 0.717) is 6.54 Å². The summed E-state index contributed by atoms with van der Waals surface area (Å²) in [5, 5.41) is 13.6. The Kier molecular flexibility index (Phi) is 4.11. The molecule has 0 bridgehead atoms. The molecule has 0 spiro atoms. The second kappa shape index (κ2) is 5.79. The maximum absolute atomic E-state index is 13.6. The SMILES string of the molecule is O=[N+]([O-])c1cccc(F)c1NCc1ccccc1Br. The Morgan fingerprint density at radius 1 is 1.21 bits per heavy atom. The lowest BCUT2D eigenvalue weighted by Gasteiger charge is -2.09. The predicted molar refractivity (Wildman–Crippen MR) is 74.5 cm³/mol. The molecule has 2 aromatic rings. The molecule has 0 aliphatic carbocycles. The Morgan fingerprint density at radius 2 is 1.95 bits per heavy atom. The third-order valence-electron chi connectivity index (χ3n) is 2.60. The van der Waals surface area contributed by atoms with Crippen molar-refractivity contribution in [2.45, 2.75) is 6.54 Å². The summed E-state index contributed by atoms with van der Waals surface area (Å²) >= 11 is 3.37. The van der Waals surface area contributed by atoms with Gasteiger partial charge >= 0.3 is 0 Å². The van der Waals surface area contributed by atoms with Gasteiger partial charge in [-0.05, 0) is 17.7 Å². The van der Waals surface area contributed by atoms with Crippen molar-refractivity contribution in [2.24, 2.45) is 0 Å². The second-order valence-corrected chi connectivity index (χ2v) is 4.69. The Hall–Kier alpha value is -1.95. The van der Waals surface area contributed by atoms with Crippen molar-refractivity contribution in [2.75, 3.05) is 5.32 Å². The first-order chi connectivity index (χ1) is 9.09. The highest BCUT2D eigenvalue weighted by molar-refractivity contribution is 9.10. The topological polar surface area (TPSA) is 55.2 Å². The number of nitro benzene ring substituents is 1. The van der Waals surface area contributed by atoms with Gasteiger partial charge in [0.15, 0.2) is 5.82 Å². The summed E-state index contributed by atoms with van der Waals surface area (Å²) in [6, 6.07) is 11.2. The summed E-state index contributed by atoms with van der Waals surface area (Å²) < 4.78 is 14.5. The Morgan fingerprint density at radius 3 is 2.63 bits per heavy atom. The van der Waals surface area contributed by atoms with Crippen molar-refractivity contribution in [1.82, 2.24) is 0 Å². The molecule has 2 rings (SSSR count). The standard InChI is InChI=1S/C13H10BrFN2O2/c14-10-5-2-1-4-9(10)8-16-13-11(15)6-3-7-12(13)17(18)19/h1-7,16H,8H2. The fraction of sp³-hybridized carbons (Fsp3) is 0.0769. The molecule has 1 N–H and O–H groups in total. The fourth-order valence-corrected chi connectivity index (χ4v) is 2.09. The number of para-hydroxylation sites is 1. The molecule has 0 saturated heterocycles. The number of anilines is 1. The summed E-state index contributed by atoms with van der Waals surface area (Å²) in [5.74, 6) is -0.638. The van der Waals surface area contributed by atoms with Crippen molar-refractivity contribution < 1.29 is 9.31 Å². The van der Waals surface area contributed by atoms with E-state index in [-0.39, 0.29) is 11.4 Å². The molecule has 0 aromatic heterocycles. The van der Waals surface area contributed by atoms with Crippen molar-refractivity contribution in [3.05, 3.63) is 68.4 Å². The van der Waals surface area contributed by atoms with Crippen LogP contribution in [0.2, 0.25) is 0 Å². The zero-order chi connectivity index (χ0) is 13.8. The fourth-order valence-electron chi connectivity index (χ4n) is 1.67. The third kappa shape index (κ3) is 3.08. The van der Waals surface area contributed by atoms with Crippen molar-refractivity contribution in [3.63, 3.8) is 0 Å². The molecular weight excluding hydrogens is 315 g/mol. The predicted octanol–water partition coefficient (Wildman–Crippen LogP) is 4.11. The van der Waals surface area contributed by atoms with Gasteiger partial charge in [0.05, 0.1) is 4.92 Å². The average molecular weight is 325 g/mol. The molecule has 0 atom stereocenters. The van der Waals surface area contributed by atoms with Gasteiger partial charge in [0.2, 0.25) is 0 Å². The van der Waals surface area contributed by atoms with Crippen LogP contribution in [0.5, 0.6) is 0 Å². The van der Waals surface area contributed by atoms with Gasteiger partial charge in [0.25, 0.3) is 5.69 Å². The molecule has 0 fully saturated rings. The summed E-state index contributed by atoms with van der Waals surface area (Å²) in [4.78, 5) is 10.2. The molecule has 19 heavy (non-hydrogen) atoms. The van der Waals surface area contributed by atoms with Gasteiger partial charge in [-0.15, -0.1) is 0 Å². The monoisotopic (exact) mass is 324 g/mol. The highest BCUT2D eigenvalue weighted by atomic mass is 79.9. The zero-order valence-corrected chi connectivity index (χ0v) is 11.4. The summed E-state index contributed by atoms with van der Waals surface area (Å²) in [7, 11) is 0.